The summed E-state index contributed by atoms with van der Waals surface area (Å²) in [6.07, 6.45) is 0. The van der Waals surface area contributed by atoms with Gasteiger partial charge in [0.1, 0.15) is 0 Å². The van der Waals surface area contributed by atoms with E-state index >= 15 is 0 Å². The fourth-order valence-electron chi connectivity index (χ4n) is 1.20. The second kappa shape index (κ2) is 12.8. The third kappa shape index (κ3) is 10.3. The minimum atomic E-state index is 0.0285. The molecule has 0 aliphatic carbocycles. The lowest BCUT2D eigenvalue weighted by Gasteiger charge is -2.19. The van der Waals surface area contributed by atoms with Crippen molar-refractivity contribution in [3.8, 4) is 0 Å². The molecule has 16 heavy (non-hydrogen) atoms. The maximum absolute atomic E-state index is 8.76. The third-order valence-electron chi connectivity index (χ3n) is 1.99. The van der Waals surface area contributed by atoms with Gasteiger partial charge in [0.15, 0.2) is 0 Å². The van der Waals surface area contributed by atoms with Gasteiger partial charge >= 0.3 is 0 Å². The lowest BCUT2D eigenvalue weighted by atomic mass is 10.4. The Balaban J connectivity index is 3.25. The number of aliphatic hydroxyl groups is 3. The van der Waals surface area contributed by atoms with Crippen LogP contribution in [0.2, 0.25) is 0 Å². The van der Waals surface area contributed by atoms with E-state index in [1.165, 1.54) is 0 Å². The normalized spacial score (nSPS) is 11.2. The van der Waals surface area contributed by atoms with Crippen molar-refractivity contribution in [2.75, 3.05) is 65.9 Å². The Hall–Kier alpha value is -0.240. The van der Waals surface area contributed by atoms with Crippen LogP contribution in [-0.2, 0) is 9.47 Å². The Morgan fingerprint density at radius 3 is 1.69 bits per heavy atom. The molecule has 6 nitrogen and oxygen atoms in total. The van der Waals surface area contributed by atoms with Crippen LogP contribution in [0.5, 0.6) is 0 Å². The highest BCUT2D eigenvalue weighted by Crippen LogP contribution is 1.88. The molecule has 0 aromatic rings. The van der Waals surface area contributed by atoms with Crippen LogP contribution < -0.4 is 0 Å². The van der Waals surface area contributed by atoms with Crippen LogP contribution in [0.4, 0.5) is 0 Å². The summed E-state index contributed by atoms with van der Waals surface area (Å²) in [5.41, 5.74) is 0. The van der Waals surface area contributed by atoms with Crippen molar-refractivity contribution < 1.29 is 24.8 Å². The van der Waals surface area contributed by atoms with E-state index in [0.717, 1.165) is 0 Å². The van der Waals surface area contributed by atoms with Crippen LogP contribution >= 0.6 is 0 Å². The Morgan fingerprint density at radius 1 is 0.625 bits per heavy atom. The Morgan fingerprint density at radius 2 is 1.19 bits per heavy atom. The summed E-state index contributed by atoms with van der Waals surface area (Å²) in [6.45, 7) is 3.82. The van der Waals surface area contributed by atoms with Gasteiger partial charge in [-0.15, -0.1) is 0 Å². The maximum atomic E-state index is 8.76. The van der Waals surface area contributed by atoms with Gasteiger partial charge in [0, 0.05) is 19.6 Å². The highest BCUT2D eigenvalue weighted by atomic mass is 16.5. The van der Waals surface area contributed by atoms with Crippen molar-refractivity contribution in [2.45, 2.75) is 0 Å². The van der Waals surface area contributed by atoms with Gasteiger partial charge in [0.25, 0.3) is 0 Å². The van der Waals surface area contributed by atoms with Crippen LogP contribution in [-0.4, -0.2) is 86.1 Å². The van der Waals surface area contributed by atoms with Gasteiger partial charge < -0.3 is 24.8 Å². The molecular formula is C10H23NO5. The average molecular weight is 237 g/mol. The summed E-state index contributed by atoms with van der Waals surface area (Å²) < 4.78 is 10.3. The number of hydrogen-bond donors (Lipinski definition) is 3. The summed E-state index contributed by atoms with van der Waals surface area (Å²) in [5.74, 6) is 0. The molecule has 0 aliphatic heterocycles. The Bertz CT molecular complexity index is 130. The van der Waals surface area contributed by atoms with Gasteiger partial charge in [-0.25, -0.2) is 0 Å². The van der Waals surface area contributed by atoms with Gasteiger partial charge in [-0.3, -0.25) is 4.90 Å². The van der Waals surface area contributed by atoms with E-state index in [9.17, 15) is 0 Å². The third-order valence-corrected chi connectivity index (χ3v) is 1.99. The summed E-state index contributed by atoms with van der Waals surface area (Å²) in [6, 6.07) is 0. The SMILES string of the molecule is OCCOCCOCCN(CCO)CCO. The zero-order chi connectivity index (χ0) is 12.1. The first-order chi connectivity index (χ1) is 7.85. The summed E-state index contributed by atoms with van der Waals surface area (Å²) >= 11 is 0. The Kier molecular flexibility index (Phi) is 12.6. The molecule has 0 rings (SSSR count). The highest BCUT2D eigenvalue weighted by molar-refractivity contribution is 4.55. The van der Waals surface area contributed by atoms with Crippen molar-refractivity contribution >= 4 is 0 Å². The molecule has 3 N–H and O–H groups in total. The number of aliphatic hydroxyl groups excluding tert-OH is 3. The predicted molar refractivity (Wildman–Crippen MR) is 59.3 cm³/mol. The van der Waals surface area contributed by atoms with Crippen LogP contribution in [0.25, 0.3) is 0 Å². The molecule has 0 amide bonds. The summed E-state index contributed by atoms with van der Waals surface area (Å²) in [7, 11) is 0. The summed E-state index contributed by atoms with van der Waals surface area (Å²) in [5, 5.41) is 26.0. The maximum Gasteiger partial charge on any atom is 0.0701 e. The molecule has 0 fully saturated rings. The molecule has 0 unspecified atom stereocenters. The fraction of sp³-hybridized carbons (Fsp3) is 1.00. The zero-order valence-corrected chi connectivity index (χ0v) is 9.68. The molecule has 0 saturated carbocycles. The molecule has 0 aromatic heterocycles. The number of rotatable bonds is 12. The topological polar surface area (TPSA) is 82.4 Å². The molecule has 0 radical (unpaired) electrons. The molecule has 0 aliphatic rings. The molecule has 0 heterocycles. The minimum Gasteiger partial charge on any atom is -0.395 e. The first-order valence-electron chi connectivity index (χ1n) is 5.55. The van der Waals surface area contributed by atoms with Gasteiger partial charge in [-0.2, -0.15) is 0 Å². The first-order valence-corrected chi connectivity index (χ1v) is 5.55. The second-order valence-electron chi connectivity index (χ2n) is 3.24. The largest absolute Gasteiger partial charge is 0.395 e. The monoisotopic (exact) mass is 237 g/mol. The Labute approximate surface area is 96.4 Å². The van der Waals surface area contributed by atoms with Crippen molar-refractivity contribution in [1.29, 1.82) is 0 Å². The fourth-order valence-corrected chi connectivity index (χ4v) is 1.20. The predicted octanol–water partition coefficient (Wildman–Crippen LogP) is -1.70. The quantitative estimate of drug-likeness (QED) is 0.351. The molecule has 0 bridgehead atoms. The van der Waals surface area contributed by atoms with Crippen LogP contribution in [0.3, 0.4) is 0 Å². The molecule has 0 atom stereocenters. The van der Waals surface area contributed by atoms with Gasteiger partial charge in [-0.1, -0.05) is 0 Å². The standard InChI is InChI=1S/C10H23NO5/c12-4-1-11(2-5-13)3-7-15-9-10-16-8-6-14/h12-14H,1-10H2. The molecule has 0 spiro atoms. The number of ether oxygens (including phenoxy) is 2. The lowest BCUT2D eigenvalue weighted by molar-refractivity contribution is 0.0240. The van der Waals surface area contributed by atoms with E-state index in [4.69, 9.17) is 24.8 Å². The second-order valence-corrected chi connectivity index (χ2v) is 3.24. The van der Waals surface area contributed by atoms with E-state index < -0.39 is 0 Å². The number of hydrogen-bond acceptors (Lipinski definition) is 6. The van der Waals surface area contributed by atoms with Crippen LogP contribution in [0.15, 0.2) is 0 Å². The van der Waals surface area contributed by atoms with E-state index in [0.29, 0.717) is 46.1 Å². The van der Waals surface area contributed by atoms with Gasteiger partial charge in [0.05, 0.1) is 46.2 Å². The highest BCUT2D eigenvalue weighted by Gasteiger charge is 2.02. The average Bonchev–Trinajstić information content (AvgIpc) is 2.28. The molecule has 6 heteroatoms. The van der Waals surface area contributed by atoms with Crippen molar-refractivity contribution in [3.05, 3.63) is 0 Å². The zero-order valence-electron chi connectivity index (χ0n) is 9.68. The molecular weight excluding hydrogens is 214 g/mol. The van der Waals surface area contributed by atoms with E-state index in [-0.39, 0.29) is 19.8 Å². The number of nitrogens with zero attached hydrogens (tertiary/aromatic N) is 1. The minimum absolute atomic E-state index is 0.0285. The summed E-state index contributed by atoms with van der Waals surface area (Å²) in [4.78, 5) is 1.93. The van der Waals surface area contributed by atoms with Gasteiger partial charge in [-0.05, 0) is 0 Å². The van der Waals surface area contributed by atoms with E-state index in [2.05, 4.69) is 0 Å². The van der Waals surface area contributed by atoms with E-state index in [1.807, 2.05) is 4.90 Å². The molecule has 98 valence electrons. The van der Waals surface area contributed by atoms with Crippen molar-refractivity contribution in [2.24, 2.45) is 0 Å². The van der Waals surface area contributed by atoms with Crippen molar-refractivity contribution in [1.82, 2.24) is 4.90 Å². The molecule has 0 saturated heterocycles. The van der Waals surface area contributed by atoms with Crippen LogP contribution in [0, 0.1) is 0 Å². The van der Waals surface area contributed by atoms with Gasteiger partial charge in [0.2, 0.25) is 0 Å². The lowest BCUT2D eigenvalue weighted by Crippen LogP contribution is -2.33. The van der Waals surface area contributed by atoms with E-state index in [1.54, 1.807) is 0 Å². The van der Waals surface area contributed by atoms with Crippen LogP contribution in [0.1, 0.15) is 0 Å². The molecule has 0 aromatic carbocycles. The first kappa shape index (κ1) is 15.8. The smallest absolute Gasteiger partial charge is 0.0701 e. The van der Waals surface area contributed by atoms with Crippen molar-refractivity contribution in [3.63, 3.8) is 0 Å².